The lowest BCUT2D eigenvalue weighted by Gasteiger charge is -2.21. The molecule has 0 aliphatic carbocycles. The van der Waals surface area contributed by atoms with Gasteiger partial charge in [0, 0.05) is 13.7 Å². The molecule has 3 N–H and O–H groups in total. The zero-order chi connectivity index (χ0) is 9.61. The second-order valence-electron chi connectivity index (χ2n) is 3.11. The Morgan fingerprint density at radius 3 is 2.58 bits per heavy atom. The molecule has 4 heteroatoms. The average Bonchev–Trinajstić information content (AvgIpc) is 2.05. The number of nitrogens with one attached hydrogen (secondary N) is 1. The van der Waals surface area contributed by atoms with Gasteiger partial charge in [0.15, 0.2) is 0 Å². The summed E-state index contributed by atoms with van der Waals surface area (Å²) in [7, 11) is 1.52. The summed E-state index contributed by atoms with van der Waals surface area (Å²) in [5, 5.41) is 2.73. The van der Waals surface area contributed by atoms with E-state index in [1.807, 2.05) is 0 Å². The second kappa shape index (κ2) is 5.11. The van der Waals surface area contributed by atoms with Crippen LogP contribution in [0.5, 0.6) is 0 Å². The highest BCUT2D eigenvalue weighted by atomic mass is 16.5. The minimum Gasteiger partial charge on any atom is -0.369 e. The molecule has 0 bridgehead atoms. The molecule has 0 aliphatic heterocycles. The highest BCUT2D eigenvalue weighted by Gasteiger charge is 2.25. The number of carbonyl (C=O) groups is 1. The monoisotopic (exact) mass is 174 g/mol. The predicted molar refractivity (Wildman–Crippen MR) is 47.8 cm³/mol. The van der Waals surface area contributed by atoms with E-state index in [0.717, 1.165) is 6.42 Å². The topological polar surface area (TPSA) is 64.3 Å². The SMILES string of the molecule is COC(C)(C)C(=O)NCCCN. The maximum atomic E-state index is 11.3. The predicted octanol–water partition coefficient (Wildman–Crippen LogP) is -0.124. The van der Waals surface area contributed by atoms with Gasteiger partial charge in [-0.05, 0) is 26.8 Å². The van der Waals surface area contributed by atoms with Crippen LogP contribution in [0.15, 0.2) is 0 Å². The molecular weight excluding hydrogens is 156 g/mol. The van der Waals surface area contributed by atoms with Crippen LogP contribution in [0, 0.1) is 0 Å². The number of hydrogen-bond acceptors (Lipinski definition) is 3. The van der Waals surface area contributed by atoms with Gasteiger partial charge in [-0.2, -0.15) is 0 Å². The first-order valence-corrected chi connectivity index (χ1v) is 4.08. The number of nitrogens with two attached hydrogens (primary N) is 1. The third-order valence-electron chi connectivity index (χ3n) is 1.72. The Bertz CT molecular complexity index is 146. The summed E-state index contributed by atoms with van der Waals surface area (Å²) in [6, 6.07) is 0. The van der Waals surface area contributed by atoms with Gasteiger partial charge in [0.1, 0.15) is 5.60 Å². The number of ether oxygens (including phenoxy) is 1. The lowest BCUT2D eigenvalue weighted by atomic mass is 10.1. The van der Waals surface area contributed by atoms with Crippen molar-refractivity contribution in [2.45, 2.75) is 25.9 Å². The van der Waals surface area contributed by atoms with Crippen molar-refractivity contribution in [3.05, 3.63) is 0 Å². The molecule has 0 aliphatic rings. The van der Waals surface area contributed by atoms with Crippen LogP contribution in [0.1, 0.15) is 20.3 Å². The molecule has 0 aromatic carbocycles. The van der Waals surface area contributed by atoms with Gasteiger partial charge in [-0.25, -0.2) is 0 Å². The van der Waals surface area contributed by atoms with Crippen LogP contribution in [0.25, 0.3) is 0 Å². The summed E-state index contributed by atoms with van der Waals surface area (Å²) >= 11 is 0. The average molecular weight is 174 g/mol. The highest BCUT2D eigenvalue weighted by Crippen LogP contribution is 2.06. The van der Waals surface area contributed by atoms with Crippen LogP contribution < -0.4 is 11.1 Å². The van der Waals surface area contributed by atoms with Crippen molar-refractivity contribution in [3.8, 4) is 0 Å². The van der Waals surface area contributed by atoms with Crippen LogP contribution >= 0.6 is 0 Å². The number of methoxy groups -OCH3 is 1. The Labute approximate surface area is 73.5 Å². The molecule has 0 atom stereocenters. The lowest BCUT2D eigenvalue weighted by Crippen LogP contribution is -2.44. The van der Waals surface area contributed by atoms with E-state index in [4.69, 9.17) is 10.5 Å². The van der Waals surface area contributed by atoms with Gasteiger partial charge >= 0.3 is 0 Å². The first kappa shape index (κ1) is 11.4. The molecule has 0 rings (SSSR count). The number of rotatable bonds is 5. The van der Waals surface area contributed by atoms with Crippen LogP contribution in [0.3, 0.4) is 0 Å². The minimum absolute atomic E-state index is 0.0987. The largest absolute Gasteiger partial charge is 0.369 e. The summed E-state index contributed by atoms with van der Waals surface area (Å²) in [5.74, 6) is -0.0987. The smallest absolute Gasteiger partial charge is 0.251 e. The summed E-state index contributed by atoms with van der Waals surface area (Å²) in [4.78, 5) is 11.3. The Kier molecular flexibility index (Phi) is 4.85. The molecule has 0 saturated carbocycles. The van der Waals surface area contributed by atoms with E-state index in [9.17, 15) is 4.79 Å². The highest BCUT2D eigenvalue weighted by molar-refractivity contribution is 5.84. The molecule has 0 aromatic rings. The Hall–Kier alpha value is -0.610. The third-order valence-corrected chi connectivity index (χ3v) is 1.72. The normalized spacial score (nSPS) is 11.3. The molecule has 0 heterocycles. The molecule has 12 heavy (non-hydrogen) atoms. The number of hydrogen-bond donors (Lipinski definition) is 2. The Balaban J connectivity index is 3.72. The fourth-order valence-corrected chi connectivity index (χ4v) is 0.610. The number of amides is 1. The fourth-order valence-electron chi connectivity index (χ4n) is 0.610. The molecule has 0 unspecified atom stereocenters. The van der Waals surface area contributed by atoms with Crippen LogP contribution in [-0.2, 0) is 9.53 Å². The molecule has 0 aromatic heterocycles. The molecule has 1 amide bonds. The van der Waals surface area contributed by atoms with Gasteiger partial charge in [-0.15, -0.1) is 0 Å². The summed E-state index contributed by atoms with van der Waals surface area (Å²) < 4.78 is 4.99. The van der Waals surface area contributed by atoms with Crippen LogP contribution in [0.2, 0.25) is 0 Å². The van der Waals surface area contributed by atoms with E-state index >= 15 is 0 Å². The van der Waals surface area contributed by atoms with Crippen molar-refractivity contribution in [1.82, 2.24) is 5.32 Å². The zero-order valence-electron chi connectivity index (χ0n) is 8.02. The van der Waals surface area contributed by atoms with E-state index in [1.165, 1.54) is 7.11 Å². The molecule has 72 valence electrons. The van der Waals surface area contributed by atoms with Gasteiger partial charge in [0.25, 0.3) is 5.91 Å². The van der Waals surface area contributed by atoms with E-state index in [1.54, 1.807) is 13.8 Å². The molecule has 0 fully saturated rings. The van der Waals surface area contributed by atoms with Gasteiger partial charge in [-0.1, -0.05) is 0 Å². The fraction of sp³-hybridized carbons (Fsp3) is 0.875. The quantitative estimate of drug-likeness (QED) is 0.571. The van der Waals surface area contributed by atoms with Crippen molar-refractivity contribution in [2.24, 2.45) is 5.73 Å². The minimum atomic E-state index is -0.741. The summed E-state index contributed by atoms with van der Waals surface area (Å²) in [6.45, 7) is 4.66. The third kappa shape index (κ3) is 3.69. The first-order valence-electron chi connectivity index (χ1n) is 4.08. The molecule has 0 spiro atoms. The van der Waals surface area contributed by atoms with E-state index in [-0.39, 0.29) is 5.91 Å². The van der Waals surface area contributed by atoms with Crippen molar-refractivity contribution < 1.29 is 9.53 Å². The van der Waals surface area contributed by atoms with Gasteiger partial charge in [0.05, 0.1) is 0 Å². The Morgan fingerprint density at radius 1 is 1.58 bits per heavy atom. The van der Waals surface area contributed by atoms with Crippen molar-refractivity contribution in [1.29, 1.82) is 0 Å². The van der Waals surface area contributed by atoms with E-state index in [0.29, 0.717) is 13.1 Å². The molecule has 4 nitrogen and oxygen atoms in total. The standard InChI is InChI=1S/C8H18N2O2/c1-8(2,12-3)7(11)10-6-4-5-9/h4-6,9H2,1-3H3,(H,10,11). The van der Waals surface area contributed by atoms with Gasteiger partial charge in [-0.3, -0.25) is 4.79 Å². The maximum absolute atomic E-state index is 11.3. The van der Waals surface area contributed by atoms with Crippen molar-refractivity contribution in [3.63, 3.8) is 0 Å². The Morgan fingerprint density at radius 2 is 2.17 bits per heavy atom. The molecule has 0 saturated heterocycles. The van der Waals surface area contributed by atoms with Gasteiger partial charge in [0.2, 0.25) is 0 Å². The van der Waals surface area contributed by atoms with Crippen LogP contribution in [-0.4, -0.2) is 31.7 Å². The maximum Gasteiger partial charge on any atom is 0.251 e. The molecular formula is C8H18N2O2. The van der Waals surface area contributed by atoms with Crippen molar-refractivity contribution in [2.75, 3.05) is 20.2 Å². The number of carbonyl (C=O) groups excluding carboxylic acids is 1. The lowest BCUT2D eigenvalue weighted by molar-refractivity contribution is -0.139. The molecule has 0 radical (unpaired) electrons. The van der Waals surface area contributed by atoms with E-state index in [2.05, 4.69) is 5.32 Å². The summed E-state index contributed by atoms with van der Waals surface area (Å²) in [5.41, 5.74) is 4.53. The zero-order valence-corrected chi connectivity index (χ0v) is 8.02. The summed E-state index contributed by atoms with van der Waals surface area (Å²) in [6.07, 6.45) is 0.797. The van der Waals surface area contributed by atoms with E-state index < -0.39 is 5.60 Å². The first-order chi connectivity index (χ1) is 5.54. The second-order valence-corrected chi connectivity index (χ2v) is 3.11. The van der Waals surface area contributed by atoms with Gasteiger partial charge < -0.3 is 15.8 Å². The van der Waals surface area contributed by atoms with Crippen molar-refractivity contribution >= 4 is 5.91 Å². The van der Waals surface area contributed by atoms with Crippen LogP contribution in [0.4, 0.5) is 0 Å².